The van der Waals surface area contributed by atoms with E-state index in [9.17, 15) is 4.79 Å². The van der Waals surface area contributed by atoms with Crippen LogP contribution in [0.25, 0.3) is 0 Å². The van der Waals surface area contributed by atoms with Crippen LogP contribution in [0.1, 0.15) is 17.3 Å². The van der Waals surface area contributed by atoms with E-state index in [0.717, 1.165) is 11.3 Å². The zero-order valence-electron chi connectivity index (χ0n) is 14.3. The summed E-state index contributed by atoms with van der Waals surface area (Å²) in [5.74, 6) is 1.24. The van der Waals surface area contributed by atoms with Gasteiger partial charge in [0.2, 0.25) is 5.91 Å². The number of rotatable bonds is 6. The number of morpholine rings is 1. The zero-order valence-corrected chi connectivity index (χ0v) is 14.3. The Morgan fingerprint density at radius 3 is 3.00 bits per heavy atom. The lowest BCUT2D eigenvalue weighted by Crippen LogP contribution is -2.45. The largest absolute Gasteiger partial charge is 0.455 e. The number of hydrogen-bond donors (Lipinski definition) is 0. The summed E-state index contributed by atoms with van der Waals surface area (Å²) in [6.45, 7) is 3.31. The summed E-state index contributed by atoms with van der Waals surface area (Å²) < 4.78 is 16.6. The van der Waals surface area contributed by atoms with Gasteiger partial charge in [-0.15, -0.1) is 0 Å². The number of nitrogens with zero attached hydrogens (tertiary/aromatic N) is 3. The molecule has 1 unspecified atom stereocenters. The monoisotopic (exact) mass is 343 g/mol. The van der Waals surface area contributed by atoms with Gasteiger partial charge < -0.3 is 19.1 Å². The fraction of sp³-hybridized carbons (Fsp3) is 0.389. The maximum atomic E-state index is 12.3. The molecular formula is C18H21N3O4. The van der Waals surface area contributed by atoms with E-state index in [-0.39, 0.29) is 18.6 Å². The lowest BCUT2D eigenvalue weighted by Gasteiger charge is -2.36. The third-order valence-corrected chi connectivity index (χ3v) is 4.08. The molecule has 3 rings (SSSR count). The Kier molecular flexibility index (Phi) is 5.57. The van der Waals surface area contributed by atoms with Crippen molar-refractivity contribution in [3.63, 3.8) is 0 Å². The predicted molar refractivity (Wildman–Crippen MR) is 90.4 cm³/mol. The molecule has 1 fully saturated rings. The molecule has 2 aromatic heterocycles. The van der Waals surface area contributed by atoms with Crippen molar-refractivity contribution in [1.82, 2.24) is 14.9 Å². The molecule has 0 bridgehead atoms. The van der Waals surface area contributed by atoms with Crippen LogP contribution in [0.5, 0.6) is 11.5 Å². The molecule has 0 N–H and O–H groups in total. The lowest BCUT2D eigenvalue weighted by molar-refractivity contribution is -0.149. The van der Waals surface area contributed by atoms with Gasteiger partial charge in [0, 0.05) is 37.8 Å². The van der Waals surface area contributed by atoms with Crippen LogP contribution in [0.4, 0.5) is 0 Å². The van der Waals surface area contributed by atoms with E-state index in [1.54, 1.807) is 36.7 Å². The number of amides is 1. The lowest BCUT2D eigenvalue weighted by atomic mass is 10.1. The van der Waals surface area contributed by atoms with Gasteiger partial charge in [0.1, 0.15) is 18.1 Å². The zero-order chi connectivity index (χ0) is 17.6. The van der Waals surface area contributed by atoms with Gasteiger partial charge >= 0.3 is 0 Å². The first-order valence-electron chi connectivity index (χ1n) is 8.10. The topological polar surface area (TPSA) is 73.8 Å². The third kappa shape index (κ3) is 3.94. The summed E-state index contributed by atoms with van der Waals surface area (Å²) in [5, 5.41) is 0. The Hall–Kier alpha value is -2.51. The number of carbonyl (C=O) groups excluding carboxylic acids is 1. The molecule has 132 valence electrons. The molecule has 0 saturated carbocycles. The van der Waals surface area contributed by atoms with Crippen LogP contribution in [0.2, 0.25) is 0 Å². The summed E-state index contributed by atoms with van der Waals surface area (Å²) in [6.07, 6.45) is 5.10. The molecule has 0 radical (unpaired) electrons. The van der Waals surface area contributed by atoms with Gasteiger partial charge in [-0.25, -0.2) is 0 Å². The predicted octanol–water partition coefficient (Wildman–Crippen LogP) is 2.12. The number of hydrogen-bond acceptors (Lipinski definition) is 6. The van der Waals surface area contributed by atoms with Crippen molar-refractivity contribution >= 4 is 5.91 Å². The Morgan fingerprint density at radius 2 is 2.20 bits per heavy atom. The van der Waals surface area contributed by atoms with Crippen LogP contribution < -0.4 is 4.74 Å². The van der Waals surface area contributed by atoms with Gasteiger partial charge in [0.25, 0.3) is 0 Å². The second-order valence-electron chi connectivity index (χ2n) is 5.71. The standard InChI is InChI=1S/C18H21N3O4/c1-13-16(4-3-6-20-13)25-17-5-7-19-10-14(17)15-11-24-12-18(22)21(15)8-9-23-2/h3-7,10,15H,8-9,11-12H2,1-2H3. The maximum absolute atomic E-state index is 12.3. The van der Waals surface area contributed by atoms with Crippen LogP contribution in [0.3, 0.4) is 0 Å². The molecule has 0 aliphatic carbocycles. The van der Waals surface area contributed by atoms with E-state index < -0.39 is 0 Å². The van der Waals surface area contributed by atoms with Crippen molar-refractivity contribution in [2.24, 2.45) is 0 Å². The van der Waals surface area contributed by atoms with Gasteiger partial charge in [0.05, 0.1) is 24.9 Å². The van der Waals surface area contributed by atoms with Crippen molar-refractivity contribution < 1.29 is 19.0 Å². The second-order valence-corrected chi connectivity index (χ2v) is 5.71. The normalized spacial score (nSPS) is 17.6. The molecule has 7 nitrogen and oxygen atoms in total. The Bertz CT molecular complexity index is 738. The minimum Gasteiger partial charge on any atom is -0.455 e. The average Bonchev–Trinajstić information content (AvgIpc) is 2.63. The fourth-order valence-corrected chi connectivity index (χ4v) is 2.77. The van der Waals surface area contributed by atoms with Crippen molar-refractivity contribution in [3.8, 4) is 11.5 Å². The molecule has 1 atom stereocenters. The van der Waals surface area contributed by atoms with E-state index in [4.69, 9.17) is 14.2 Å². The van der Waals surface area contributed by atoms with Crippen LogP contribution in [0.15, 0.2) is 36.8 Å². The summed E-state index contributed by atoms with van der Waals surface area (Å²) in [7, 11) is 1.61. The maximum Gasteiger partial charge on any atom is 0.249 e. The summed E-state index contributed by atoms with van der Waals surface area (Å²) >= 11 is 0. The highest BCUT2D eigenvalue weighted by Crippen LogP contribution is 2.34. The highest BCUT2D eigenvalue weighted by molar-refractivity contribution is 5.78. The number of aromatic nitrogens is 2. The highest BCUT2D eigenvalue weighted by Gasteiger charge is 2.32. The smallest absolute Gasteiger partial charge is 0.249 e. The molecule has 1 amide bonds. The third-order valence-electron chi connectivity index (χ3n) is 4.08. The molecule has 1 aliphatic heterocycles. The summed E-state index contributed by atoms with van der Waals surface area (Å²) in [4.78, 5) is 22.5. The summed E-state index contributed by atoms with van der Waals surface area (Å²) in [6, 6.07) is 5.20. The van der Waals surface area contributed by atoms with Crippen molar-refractivity contribution in [2.75, 3.05) is 33.5 Å². The van der Waals surface area contributed by atoms with Gasteiger partial charge in [0.15, 0.2) is 0 Å². The van der Waals surface area contributed by atoms with E-state index in [1.807, 2.05) is 19.1 Å². The van der Waals surface area contributed by atoms with E-state index in [0.29, 0.717) is 31.3 Å². The van der Waals surface area contributed by atoms with Gasteiger partial charge in [-0.05, 0) is 25.1 Å². The molecule has 0 spiro atoms. The van der Waals surface area contributed by atoms with E-state index in [1.165, 1.54) is 0 Å². The Morgan fingerprint density at radius 1 is 1.32 bits per heavy atom. The van der Waals surface area contributed by atoms with E-state index in [2.05, 4.69) is 9.97 Å². The number of carbonyl (C=O) groups is 1. The van der Waals surface area contributed by atoms with Crippen LogP contribution >= 0.6 is 0 Å². The van der Waals surface area contributed by atoms with Gasteiger partial charge in [-0.2, -0.15) is 0 Å². The quantitative estimate of drug-likeness (QED) is 0.800. The number of ether oxygens (including phenoxy) is 3. The van der Waals surface area contributed by atoms with Crippen molar-refractivity contribution in [2.45, 2.75) is 13.0 Å². The molecule has 1 aliphatic rings. The molecule has 7 heteroatoms. The fourth-order valence-electron chi connectivity index (χ4n) is 2.77. The number of methoxy groups -OCH3 is 1. The Labute approximate surface area is 146 Å². The second kappa shape index (κ2) is 8.04. The number of pyridine rings is 2. The molecule has 0 aromatic carbocycles. The Balaban J connectivity index is 1.90. The first-order chi connectivity index (χ1) is 12.2. The first-order valence-corrected chi connectivity index (χ1v) is 8.10. The minimum absolute atomic E-state index is 0.0688. The van der Waals surface area contributed by atoms with Crippen LogP contribution in [0, 0.1) is 6.92 Å². The van der Waals surface area contributed by atoms with Crippen LogP contribution in [-0.2, 0) is 14.3 Å². The van der Waals surface area contributed by atoms with Crippen molar-refractivity contribution in [3.05, 3.63) is 48.0 Å². The first kappa shape index (κ1) is 17.3. The molecular weight excluding hydrogens is 322 g/mol. The van der Waals surface area contributed by atoms with Crippen molar-refractivity contribution in [1.29, 1.82) is 0 Å². The highest BCUT2D eigenvalue weighted by atomic mass is 16.5. The van der Waals surface area contributed by atoms with Gasteiger partial charge in [-0.3, -0.25) is 14.8 Å². The minimum atomic E-state index is -0.267. The van der Waals surface area contributed by atoms with Gasteiger partial charge in [-0.1, -0.05) is 0 Å². The van der Waals surface area contributed by atoms with E-state index >= 15 is 0 Å². The molecule has 25 heavy (non-hydrogen) atoms. The molecule has 3 heterocycles. The molecule has 2 aromatic rings. The summed E-state index contributed by atoms with van der Waals surface area (Å²) in [5.41, 5.74) is 1.59. The SMILES string of the molecule is COCCN1C(=O)COCC1c1cnccc1Oc1cccnc1C. The number of aryl methyl sites for hydroxylation is 1. The molecule has 1 saturated heterocycles. The van der Waals surface area contributed by atoms with Crippen LogP contribution in [-0.4, -0.2) is 54.3 Å². The average molecular weight is 343 g/mol.